The maximum Gasteiger partial charge on any atom is 0.405 e. The highest BCUT2D eigenvalue weighted by Gasteiger charge is 2.26. The SMILES string of the molecule is CC[C@H](C)[C@@H](NC(=O)C(C)NC(=O)O)[C@@H](C)CCC=O. The van der Waals surface area contributed by atoms with Crippen LogP contribution in [0.2, 0.25) is 0 Å². The number of hydrogen-bond acceptors (Lipinski definition) is 3. The van der Waals surface area contributed by atoms with Crippen LogP contribution in [0.15, 0.2) is 0 Å². The predicted octanol–water partition coefficient (Wildman–Crippen LogP) is 1.79. The van der Waals surface area contributed by atoms with Gasteiger partial charge in [0.2, 0.25) is 5.91 Å². The Morgan fingerprint density at radius 1 is 1.15 bits per heavy atom. The van der Waals surface area contributed by atoms with Crippen molar-refractivity contribution in [3.05, 3.63) is 0 Å². The fourth-order valence-electron chi connectivity index (χ4n) is 2.15. The lowest BCUT2D eigenvalue weighted by atomic mass is 9.86. The van der Waals surface area contributed by atoms with Gasteiger partial charge in [0.25, 0.3) is 0 Å². The molecule has 6 heteroatoms. The van der Waals surface area contributed by atoms with Crippen molar-refractivity contribution in [2.75, 3.05) is 0 Å². The van der Waals surface area contributed by atoms with Gasteiger partial charge in [-0.15, -0.1) is 0 Å². The van der Waals surface area contributed by atoms with Gasteiger partial charge in [0.05, 0.1) is 0 Å². The van der Waals surface area contributed by atoms with Gasteiger partial charge in [-0.2, -0.15) is 0 Å². The van der Waals surface area contributed by atoms with Crippen molar-refractivity contribution in [2.24, 2.45) is 11.8 Å². The third kappa shape index (κ3) is 6.54. The average Bonchev–Trinajstić information content (AvgIpc) is 2.40. The van der Waals surface area contributed by atoms with Gasteiger partial charge in [-0.05, 0) is 25.2 Å². The Labute approximate surface area is 120 Å². The molecule has 0 saturated heterocycles. The van der Waals surface area contributed by atoms with E-state index in [2.05, 4.69) is 10.6 Å². The van der Waals surface area contributed by atoms with Gasteiger partial charge in [-0.1, -0.05) is 27.2 Å². The van der Waals surface area contributed by atoms with Crippen LogP contribution in [0, 0.1) is 11.8 Å². The molecule has 20 heavy (non-hydrogen) atoms. The van der Waals surface area contributed by atoms with E-state index < -0.39 is 12.1 Å². The summed E-state index contributed by atoms with van der Waals surface area (Å²) in [7, 11) is 0. The third-order valence-corrected chi connectivity index (χ3v) is 3.65. The molecule has 0 spiro atoms. The molecule has 0 aromatic carbocycles. The van der Waals surface area contributed by atoms with Crippen molar-refractivity contribution in [3.8, 4) is 0 Å². The first-order valence-corrected chi connectivity index (χ1v) is 7.06. The quantitative estimate of drug-likeness (QED) is 0.563. The summed E-state index contributed by atoms with van der Waals surface area (Å²) >= 11 is 0. The molecule has 0 aromatic rings. The van der Waals surface area contributed by atoms with E-state index in [1.807, 2.05) is 20.8 Å². The fraction of sp³-hybridized carbons (Fsp3) is 0.786. The van der Waals surface area contributed by atoms with Crippen LogP contribution in [-0.4, -0.2) is 35.5 Å². The van der Waals surface area contributed by atoms with E-state index in [1.54, 1.807) is 0 Å². The topological polar surface area (TPSA) is 95.5 Å². The van der Waals surface area contributed by atoms with Crippen molar-refractivity contribution in [1.82, 2.24) is 10.6 Å². The normalized spacial score (nSPS) is 16.6. The van der Waals surface area contributed by atoms with Crippen LogP contribution in [0.25, 0.3) is 0 Å². The van der Waals surface area contributed by atoms with Gasteiger partial charge in [-0.25, -0.2) is 4.79 Å². The molecule has 0 fully saturated rings. The maximum atomic E-state index is 12.0. The van der Waals surface area contributed by atoms with E-state index in [0.717, 1.165) is 12.7 Å². The van der Waals surface area contributed by atoms with Crippen LogP contribution in [0.5, 0.6) is 0 Å². The molecular formula is C14H26N2O4. The monoisotopic (exact) mass is 286 g/mol. The Balaban J connectivity index is 4.67. The second kappa shape index (κ2) is 9.34. The molecule has 3 N–H and O–H groups in total. The van der Waals surface area contributed by atoms with Crippen LogP contribution in [-0.2, 0) is 9.59 Å². The summed E-state index contributed by atoms with van der Waals surface area (Å²) in [6.07, 6.45) is 1.73. The molecule has 0 saturated carbocycles. The molecule has 0 bridgehead atoms. The molecule has 2 amide bonds. The highest BCUT2D eigenvalue weighted by atomic mass is 16.4. The molecule has 6 nitrogen and oxygen atoms in total. The molecule has 0 aliphatic heterocycles. The fourth-order valence-corrected chi connectivity index (χ4v) is 2.15. The van der Waals surface area contributed by atoms with E-state index in [9.17, 15) is 14.4 Å². The Morgan fingerprint density at radius 2 is 1.75 bits per heavy atom. The van der Waals surface area contributed by atoms with Gasteiger partial charge >= 0.3 is 6.09 Å². The Morgan fingerprint density at radius 3 is 2.20 bits per heavy atom. The minimum absolute atomic E-state index is 0.0644. The van der Waals surface area contributed by atoms with Crippen molar-refractivity contribution < 1.29 is 19.5 Å². The molecule has 0 aromatic heterocycles. The molecule has 0 heterocycles. The van der Waals surface area contributed by atoms with Crippen LogP contribution < -0.4 is 10.6 Å². The van der Waals surface area contributed by atoms with Gasteiger partial charge in [-0.3, -0.25) is 4.79 Å². The number of aldehydes is 1. The van der Waals surface area contributed by atoms with Crippen LogP contribution in [0.3, 0.4) is 0 Å². The molecule has 116 valence electrons. The molecule has 0 rings (SSSR count). The third-order valence-electron chi connectivity index (χ3n) is 3.65. The number of rotatable bonds is 9. The highest BCUT2D eigenvalue weighted by molar-refractivity contribution is 5.85. The van der Waals surface area contributed by atoms with E-state index in [4.69, 9.17) is 5.11 Å². The van der Waals surface area contributed by atoms with Crippen molar-refractivity contribution in [1.29, 1.82) is 0 Å². The van der Waals surface area contributed by atoms with Gasteiger partial charge in [0, 0.05) is 12.5 Å². The van der Waals surface area contributed by atoms with Crippen molar-refractivity contribution >= 4 is 18.3 Å². The first-order chi connectivity index (χ1) is 9.33. The largest absolute Gasteiger partial charge is 0.465 e. The standard InChI is InChI=1S/C14H26N2O4/c1-5-9(2)12(10(3)7-6-8-17)16-13(18)11(4)15-14(19)20/h8-12,15H,5-7H2,1-4H3,(H,16,18)(H,19,20)/t9-,10-,11?,12+/m0/s1. The lowest BCUT2D eigenvalue weighted by Crippen LogP contribution is -2.51. The summed E-state index contributed by atoms with van der Waals surface area (Å²) in [6.45, 7) is 7.58. The second-order valence-electron chi connectivity index (χ2n) is 5.31. The average molecular weight is 286 g/mol. The minimum Gasteiger partial charge on any atom is -0.465 e. The molecule has 4 atom stereocenters. The van der Waals surface area contributed by atoms with Crippen LogP contribution in [0.4, 0.5) is 4.79 Å². The zero-order chi connectivity index (χ0) is 15.7. The summed E-state index contributed by atoms with van der Waals surface area (Å²) in [6, 6.07) is -0.858. The Bertz CT molecular complexity index is 333. The van der Waals surface area contributed by atoms with E-state index >= 15 is 0 Å². The minimum atomic E-state index is -1.22. The van der Waals surface area contributed by atoms with E-state index in [0.29, 0.717) is 12.8 Å². The molecule has 1 unspecified atom stereocenters. The number of amides is 2. The number of carboxylic acid groups (broad SMARTS) is 1. The summed E-state index contributed by atoms with van der Waals surface area (Å²) < 4.78 is 0. The molecule has 0 aliphatic carbocycles. The summed E-state index contributed by atoms with van der Waals surface area (Å²) in [4.78, 5) is 33.0. The Kier molecular flexibility index (Phi) is 8.59. The Hall–Kier alpha value is -1.59. The van der Waals surface area contributed by atoms with Crippen LogP contribution in [0.1, 0.15) is 47.0 Å². The zero-order valence-electron chi connectivity index (χ0n) is 12.7. The number of carbonyl (C=O) groups excluding carboxylic acids is 2. The van der Waals surface area contributed by atoms with Crippen molar-refractivity contribution in [3.63, 3.8) is 0 Å². The number of nitrogens with one attached hydrogen (secondary N) is 2. The lowest BCUT2D eigenvalue weighted by molar-refractivity contribution is -0.124. The molecule has 0 aliphatic rings. The lowest BCUT2D eigenvalue weighted by Gasteiger charge is -2.31. The summed E-state index contributed by atoms with van der Waals surface area (Å²) in [5.74, 6) is 0.0874. The maximum absolute atomic E-state index is 12.0. The van der Waals surface area contributed by atoms with E-state index in [-0.39, 0.29) is 23.8 Å². The molecule has 0 radical (unpaired) electrons. The zero-order valence-corrected chi connectivity index (χ0v) is 12.7. The summed E-state index contributed by atoms with van der Waals surface area (Å²) in [5.41, 5.74) is 0. The van der Waals surface area contributed by atoms with Gasteiger partial charge < -0.3 is 20.5 Å². The van der Waals surface area contributed by atoms with Crippen LogP contribution >= 0.6 is 0 Å². The summed E-state index contributed by atoms with van der Waals surface area (Å²) in [5, 5.41) is 13.7. The number of hydrogen-bond donors (Lipinski definition) is 3. The molecular weight excluding hydrogens is 260 g/mol. The first kappa shape index (κ1) is 18.4. The van der Waals surface area contributed by atoms with Crippen molar-refractivity contribution in [2.45, 2.75) is 59.0 Å². The van der Waals surface area contributed by atoms with Gasteiger partial charge in [0.1, 0.15) is 12.3 Å². The number of carbonyl (C=O) groups is 3. The van der Waals surface area contributed by atoms with E-state index in [1.165, 1.54) is 6.92 Å². The van der Waals surface area contributed by atoms with Gasteiger partial charge in [0.15, 0.2) is 0 Å². The predicted molar refractivity (Wildman–Crippen MR) is 76.5 cm³/mol. The highest BCUT2D eigenvalue weighted by Crippen LogP contribution is 2.20. The first-order valence-electron chi connectivity index (χ1n) is 7.06. The second-order valence-corrected chi connectivity index (χ2v) is 5.31. The smallest absolute Gasteiger partial charge is 0.405 e.